The molecule has 1 amide bonds. The smallest absolute Gasteiger partial charge is 0.253 e. The van der Waals surface area contributed by atoms with Gasteiger partial charge in [0, 0.05) is 50.4 Å². The summed E-state index contributed by atoms with van der Waals surface area (Å²) in [6, 6.07) is 18.7. The molecule has 2 saturated heterocycles. The van der Waals surface area contributed by atoms with Gasteiger partial charge in [0.25, 0.3) is 5.91 Å². The number of hydrogen-bond acceptors (Lipinski definition) is 6. The lowest BCUT2D eigenvalue weighted by Crippen LogP contribution is -2.49. The summed E-state index contributed by atoms with van der Waals surface area (Å²) in [6.45, 7) is 5.70. The normalized spacial score (nSPS) is 16.9. The van der Waals surface area contributed by atoms with Crippen LogP contribution in [-0.2, 0) is 16.4 Å². The van der Waals surface area contributed by atoms with Crippen LogP contribution in [0.3, 0.4) is 0 Å². The molecule has 188 valence electrons. The van der Waals surface area contributed by atoms with Crippen LogP contribution in [0.15, 0.2) is 65.6 Å². The number of aromatic nitrogens is 2. The van der Waals surface area contributed by atoms with Crippen LogP contribution in [0.2, 0.25) is 0 Å². The van der Waals surface area contributed by atoms with E-state index in [1.807, 2.05) is 12.1 Å². The van der Waals surface area contributed by atoms with Crippen LogP contribution in [0.4, 0.5) is 5.82 Å². The number of anilines is 1. The molecule has 2 aromatic carbocycles. The molecule has 0 N–H and O–H groups in total. The van der Waals surface area contributed by atoms with E-state index in [1.54, 1.807) is 29.2 Å². The van der Waals surface area contributed by atoms with Crippen LogP contribution >= 0.6 is 0 Å². The number of amides is 1. The first kappa shape index (κ1) is 24.4. The fraction of sp³-hybridized carbons (Fsp3) is 0.370. The second-order valence-corrected chi connectivity index (χ2v) is 11.2. The van der Waals surface area contributed by atoms with Crippen LogP contribution in [0.25, 0.3) is 11.3 Å². The Balaban J connectivity index is 1.18. The molecule has 8 nitrogen and oxygen atoms in total. The molecule has 1 aromatic heterocycles. The molecule has 0 saturated carbocycles. The largest absolute Gasteiger partial charge is 0.352 e. The molecule has 2 aliphatic heterocycles. The van der Waals surface area contributed by atoms with Crippen molar-refractivity contribution in [2.24, 2.45) is 0 Å². The van der Waals surface area contributed by atoms with Crippen LogP contribution in [0.5, 0.6) is 0 Å². The number of carbonyl (C=O) groups excluding carboxylic acids is 1. The molecule has 0 unspecified atom stereocenters. The molecular formula is C27H31N5O3S. The zero-order chi connectivity index (χ0) is 25.1. The number of carbonyl (C=O) groups is 1. The number of benzene rings is 2. The molecular weight excluding hydrogens is 474 g/mol. The van der Waals surface area contributed by atoms with E-state index in [0.717, 1.165) is 36.3 Å². The average molecular weight is 506 g/mol. The van der Waals surface area contributed by atoms with Gasteiger partial charge in [-0.2, -0.15) is 4.31 Å². The van der Waals surface area contributed by atoms with Gasteiger partial charge in [-0.05, 0) is 61.2 Å². The minimum absolute atomic E-state index is 0.0864. The number of aryl methyl sites for hydroxylation is 1. The van der Waals surface area contributed by atoms with Crippen LogP contribution < -0.4 is 4.90 Å². The van der Waals surface area contributed by atoms with Gasteiger partial charge in [0.05, 0.1) is 10.6 Å². The van der Waals surface area contributed by atoms with Crippen molar-refractivity contribution in [3.05, 3.63) is 71.8 Å². The van der Waals surface area contributed by atoms with Crippen molar-refractivity contribution in [1.29, 1.82) is 0 Å². The fourth-order valence-electron chi connectivity index (χ4n) is 4.73. The van der Waals surface area contributed by atoms with E-state index < -0.39 is 10.0 Å². The number of sulfonamides is 1. The number of rotatable bonds is 6. The van der Waals surface area contributed by atoms with Crippen LogP contribution in [-0.4, -0.2) is 73.0 Å². The predicted molar refractivity (Wildman–Crippen MR) is 139 cm³/mol. The van der Waals surface area contributed by atoms with Crippen molar-refractivity contribution in [3.63, 3.8) is 0 Å². The van der Waals surface area contributed by atoms with Gasteiger partial charge < -0.3 is 9.80 Å². The first-order valence-corrected chi connectivity index (χ1v) is 14.0. The summed E-state index contributed by atoms with van der Waals surface area (Å²) < 4.78 is 27.0. The van der Waals surface area contributed by atoms with Crippen molar-refractivity contribution in [1.82, 2.24) is 19.4 Å². The van der Waals surface area contributed by atoms with Crippen molar-refractivity contribution < 1.29 is 13.2 Å². The third kappa shape index (κ3) is 4.99. The molecule has 0 spiro atoms. The molecule has 0 radical (unpaired) electrons. The van der Waals surface area contributed by atoms with E-state index in [4.69, 9.17) is 0 Å². The summed E-state index contributed by atoms with van der Waals surface area (Å²) in [5.74, 6) is 0.712. The van der Waals surface area contributed by atoms with Gasteiger partial charge in [0.1, 0.15) is 0 Å². The molecule has 2 aliphatic rings. The Morgan fingerprint density at radius 3 is 2.06 bits per heavy atom. The molecule has 0 atom stereocenters. The molecule has 9 heteroatoms. The van der Waals surface area contributed by atoms with E-state index in [2.05, 4.69) is 46.3 Å². The molecule has 0 aliphatic carbocycles. The van der Waals surface area contributed by atoms with Crippen molar-refractivity contribution >= 4 is 21.7 Å². The molecule has 0 bridgehead atoms. The van der Waals surface area contributed by atoms with Crippen LogP contribution in [0, 0.1) is 0 Å². The first-order chi connectivity index (χ1) is 17.5. The van der Waals surface area contributed by atoms with Crippen molar-refractivity contribution in [2.75, 3.05) is 44.2 Å². The lowest BCUT2D eigenvalue weighted by molar-refractivity contribution is 0.0746. The predicted octanol–water partition coefficient (Wildman–Crippen LogP) is 3.45. The fourth-order valence-corrected chi connectivity index (χ4v) is 6.24. The van der Waals surface area contributed by atoms with Gasteiger partial charge in [-0.15, -0.1) is 10.2 Å². The average Bonchev–Trinajstić information content (AvgIpc) is 3.49. The van der Waals surface area contributed by atoms with Gasteiger partial charge in [-0.1, -0.05) is 31.2 Å². The summed E-state index contributed by atoms with van der Waals surface area (Å²) in [5.41, 5.74) is 3.67. The van der Waals surface area contributed by atoms with Crippen molar-refractivity contribution in [3.8, 4) is 11.3 Å². The monoisotopic (exact) mass is 505 g/mol. The number of nitrogens with zero attached hydrogens (tertiary/aromatic N) is 5. The first-order valence-electron chi connectivity index (χ1n) is 12.5. The molecule has 5 rings (SSSR count). The highest BCUT2D eigenvalue weighted by Gasteiger charge is 2.28. The molecule has 36 heavy (non-hydrogen) atoms. The highest BCUT2D eigenvalue weighted by molar-refractivity contribution is 7.89. The van der Waals surface area contributed by atoms with Gasteiger partial charge >= 0.3 is 0 Å². The minimum Gasteiger partial charge on any atom is -0.352 e. The Hall–Kier alpha value is -3.30. The van der Waals surface area contributed by atoms with Gasteiger partial charge in [-0.3, -0.25) is 4.79 Å². The Bertz CT molecular complexity index is 1300. The minimum atomic E-state index is -3.48. The SMILES string of the molecule is CCc1ccc(-c2ccc(N3CCN(C(=O)c4ccc(S(=O)(=O)N5CCCC5)cc4)CC3)nn2)cc1. The number of hydrogen-bond donors (Lipinski definition) is 0. The highest BCUT2D eigenvalue weighted by atomic mass is 32.2. The quantitative estimate of drug-likeness (QED) is 0.510. The molecule has 2 fully saturated rings. The summed E-state index contributed by atoms with van der Waals surface area (Å²) in [6.07, 6.45) is 2.79. The second kappa shape index (κ2) is 10.4. The zero-order valence-corrected chi connectivity index (χ0v) is 21.3. The third-order valence-corrected chi connectivity index (χ3v) is 8.92. The summed E-state index contributed by atoms with van der Waals surface area (Å²) >= 11 is 0. The second-order valence-electron chi connectivity index (χ2n) is 9.24. The topological polar surface area (TPSA) is 86.7 Å². The van der Waals surface area contributed by atoms with Crippen molar-refractivity contribution in [2.45, 2.75) is 31.1 Å². The van der Waals surface area contributed by atoms with E-state index in [-0.39, 0.29) is 10.8 Å². The highest BCUT2D eigenvalue weighted by Crippen LogP contribution is 2.23. The zero-order valence-electron chi connectivity index (χ0n) is 20.5. The Kier molecular flexibility index (Phi) is 7.02. The molecule has 3 aromatic rings. The number of piperazine rings is 1. The van der Waals surface area contributed by atoms with Gasteiger partial charge in [0.2, 0.25) is 10.0 Å². The summed E-state index contributed by atoms with van der Waals surface area (Å²) in [4.78, 5) is 17.2. The van der Waals surface area contributed by atoms with Gasteiger partial charge in [0.15, 0.2) is 5.82 Å². The molecule has 3 heterocycles. The lowest BCUT2D eigenvalue weighted by atomic mass is 10.1. The Morgan fingerprint density at radius 2 is 1.47 bits per heavy atom. The van der Waals surface area contributed by atoms with E-state index in [9.17, 15) is 13.2 Å². The van der Waals surface area contributed by atoms with E-state index in [0.29, 0.717) is 44.8 Å². The maximum absolute atomic E-state index is 13.0. The standard InChI is InChI=1S/C27H31N5O3S/c1-2-21-5-7-22(8-6-21)25-13-14-26(29-28-25)30-17-19-31(20-18-30)27(33)23-9-11-24(12-10-23)36(34,35)32-15-3-4-16-32/h5-14H,2-4,15-20H2,1H3. The Labute approximate surface area is 212 Å². The lowest BCUT2D eigenvalue weighted by Gasteiger charge is -2.35. The summed E-state index contributed by atoms with van der Waals surface area (Å²) in [7, 11) is -3.48. The van der Waals surface area contributed by atoms with Crippen LogP contribution in [0.1, 0.15) is 35.7 Å². The summed E-state index contributed by atoms with van der Waals surface area (Å²) in [5, 5.41) is 8.84. The third-order valence-electron chi connectivity index (χ3n) is 7.00. The maximum Gasteiger partial charge on any atom is 0.253 e. The Morgan fingerprint density at radius 1 is 0.806 bits per heavy atom. The van der Waals surface area contributed by atoms with E-state index in [1.165, 1.54) is 9.87 Å². The van der Waals surface area contributed by atoms with E-state index >= 15 is 0 Å². The maximum atomic E-state index is 13.0. The van der Waals surface area contributed by atoms with Gasteiger partial charge in [-0.25, -0.2) is 8.42 Å².